The number of aryl methyl sites for hydroxylation is 2. The molecule has 2 aromatic carbocycles. The van der Waals surface area contributed by atoms with Gasteiger partial charge in [-0.3, -0.25) is 0 Å². The number of aromatic nitrogens is 1. The van der Waals surface area contributed by atoms with Gasteiger partial charge >= 0.3 is 0 Å². The van der Waals surface area contributed by atoms with Crippen molar-refractivity contribution in [2.24, 2.45) is 0 Å². The number of fused-ring (bicyclic) bond motifs is 5. The Balaban J connectivity index is 1.47. The number of rotatable bonds is 2. The van der Waals surface area contributed by atoms with Crippen molar-refractivity contribution in [1.82, 2.24) is 5.16 Å². The zero-order valence-electron chi connectivity index (χ0n) is 15.8. The summed E-state index contributed by atoms with van der Waals surface area (Å²) in [4.78, 5) is 2.41. The molecule has 0 bridgehead atoms. The molecule has 3 aromatic rings. The molecule has 1 atom stereocenters. The summed E-state index contributed by atoms with van der Waals surface area (Å²) >= 11 is 0. The van der Waals surface area contributed by atoms with Gasteiger partial charge in [-0.05, 0) is 31.5 Å². The van der Waals surface area contributed by atoms with Crippen LogP contribution in [0.2, 0.25) is 0 Å². The van der Waals surface area contributed by atoms with Crippen molar-refractivity contribution in [3.05, 3.63) is 64.5 Å². The third kappa shape index (κ3) is 2.00. The second kappa shape index (κ2) is 5.44. The Hall–Kier alpha value is -3.15. The van der Waals surface area contributed by atoms with Crippen molar-refractivity contribution in [3.63, 3.8) is 0 Å². The lowest BCUT2D eigenvalue weighted by Crippen LogP contribution is -2.36. The number of para-hydroxylation sites is 1. The molecule has 3 aliphatic heterocycles. The average Bonchev–Trinajstić information content (AvgIpc) is 3.45. The molecule has 28 heavy (non-hydrogen) atoms. The van der Waals surface area contributed by atoms with E-state index in [-0.39, 0.29) is 12.2 Å². The summed E-state index contributed by atoms with van der Waals surface area (Å²) in [7, 11) is 0. The van der Waals surface area contributed by atoms with Gasteiger partial charge in [-0.1, -0.05) is 23.4 Å². The van der Waals surface area contributed by atoms with Gasteiger partial charge in [0.2, 0.25) is 6.79 Å². The molecule has 1 unspecified atom stereocenters. The van der Waals surface area contributed by atoms with Gasteiger partial charge in [0.1, 0.15) is 18.1 Å². The predicted octanol–water partition coefficient (Wildman–Crippen LogP) is 3.72. The Morgan fingerprint density at radius 1 is 1.00 bits per heavy atom. The van der Waals surface area contributed by atoms with Gasteiger partial charge in [0.15, 0.2) is 11.5 Å². The maximum absolute atomic E-state index is 6.16. The molecule has 6 rings (SSSR count). The fourth-order valence-electron chi connectivity index (χ4n) is 4.76. The Morgan fingerprint density at radius 2 is 1.82 bits per heavy atom. The van der Waals surface area contributed by atoms with E-state index in [2.05, 4.69) is 40.4 Å². The number of nitrogens with zero attached hydrogens (tertiary/aromatic N) is 2. The number of hydrogen-bond donors (Lipinski definition) is 0. The molecule has 0 radical (unpaired) electrons. The zero-order valence-corrected chi connectivity index (χ0v) is 15.8. The van der Waals surface area contributed by atoms with Crippen LogP contribution in [0.15, 0.2) is 40.9 Å². The van der Waals surface area contributed by atoms with Crippen LogP contribution in [0.3, 0.4) is 0 Å². The van der Waals surface area contributed by atoms with E-state index in [1.54, 1.807) is 0 Å². The van der Waals surface area contributed by atoms with Crippen LogP contribution in [0.25, 0.3) is 0 Å². The third-order valence-electron chi connectivity index (χ3n) is 6.22. The smallest absolute Gasteiger partial charge is 0.231 e. The topological polar surface area (TPSA) is 57.0 Å². The molecule has 3 aliphatic rings. The van der Waals surface area contributed by atoms with Gasteiger partial charge in [0.25, 0.3) is 0 Å². The highest BCUT2D eigenvalue weighted by Crippen LogP contribution is 2.54. The first-order valence-corrected chi connectivity index (χ1v) is 9.49. The number of hydrogen-bond acceptors (Lipinski definition) is 6. The van der Waals surface area contributed by atoms with Crippen LogP contribution in [-0.4, -0.2) is 25.1 Å². The summed E-state index contributed by atoms with van der Waals surface area (Å²) in [5, 5.41) is 4.12. The molecule has 0 aliphatic carbocycles. The highest BCUT2D eigenvalue weighted by Gasteiger charge is 2.50. The molecule has 6 heteroatoms. The Labute approximate surface area is 162 Å². The Kier molecular flexibility index (Phi) is 3.08. The molecule has 0 amide bonds. The van der Waals surface area contributed by atoms with Crippen molar-refractivity contribution in [3.8, 4) is 17.2 Å². The van der Waals surface area contributed by atoms with E-state index in [1.165, 1.54) is 16.8 Å². The van der Waals surface area contributed by atoms with E-state index >= 15 is 0 Å². The largest absolute Gasteiger partial charge is 0.492 e. The van der Waals surface area contributed by atoms with Crippen LogP contribution in [0.4, 0.5) is 5.69 Å². The standard InChI is InChI=1S/C22H20N2O4/c1-13-15(14(2)28-23-13)9-24-10-22(16-5-3-4-6-18(16)24)11-25-19-8-21-20(7-17(19)22)26-12-27-21/h3-8H,9-12H2,1-2H3. The van der Waals surface area contributed by atoms with Crippen LogP contribution >= 0.6 is 0 Å². The van der Waals surface area contributed by atoms with E-state index in [0.717, 1.165) is 47.4 Å². The summed E-state index contributed by atoms with van der Waals surface area (Å²) in [5.41, 5.74) is 5.58. The minimum absolute atomic E-state index is 0.216. The van der Waals surface area contributed by atoms with Crippen molar-refractivity contribution < 1.29 is 18.7 Å². The van der Waals surface area contributed by atoms with E-state index < -0.39 is 0 Å². The summed E-state index contributed by atoms with van der Waals surface area (Å²) in [6.45, 7) is 6.45. The van der Waals surface area contributed by atoms with Gasteiger partial charge in [-0.25, -0.2) is 0 Å². The first-order valence-electron chi connectivity index (χ1n) is 9.49. The molecular weight excluding hydrogens is 356 g/mol. The summed E-state index contributed by atoms with van der Waals surface area (Å²) < 4.78 is 22.7. The number of anilines is 1. The fraction of sp³-hybridized carbons (Fsp3) is 0.318. The lowest BCUT2D eigenvalue weighted by atomic mass is 9.77. The second-order valence-corrected chi connectivity index (χ2v) is 7.75. The van der Waals surface area contributed by atoms with Gasteiger partial charge in [0, 0.05) is 36.0 Å². The molecule has 142 valence electrons. The van der Waals surface area contributed by atoms with Crippen molar-refractivity contribution in [2.45, 2.75) is 25.8 Å². The van der Waals surface area contributed by atoms with E-state index in [4.69, 9.17) is 18.7 Å². The quantitative estimate of drug-likeness (QED) is 0.679. The van der Waals surface area contributed by atoms with Crippen LogP contribution in [-0.2, 0) is 12.0 Å². The molecule has 0 fully saturated rings. The highest BCUT2D eigenvalue weighted by molar-refractivity contribution is 5.71. The van der Waals surface area contributed by atoms with E-state index in [0.29, 0.717) is 6.61 Å². The molecular formula is C22H20N2O4. The van der Waals surface area contributed by atoms with Crippen LogP contribution < -0.4 is 19.1 Å². The van der Waals surface area contributed by atoms with Crippen LogP contribution in [0.1, 0.15) is 28.1 Å². The second-order valence-electron chi connectivity index (χ2n) is 7.75. The summed E-state index contributed by atoms with van der Waals surface area (Å²) in [6.07, 6.45) is 0. The number of ether oxygens (including phenoxy) is 3. The minimum atomic E-state index is -0.216. The fourth-order valence-corrected chi connectivity index (χ4v) is 4.76. The summed E-state index contributed by atoms with van der Waals surface area (Å²) in [5.74, 6) is 3.32. The Bertz CT molecular complexity index is 1090. The zero-order chi connectivity index (χ0) is 18.9. The lowest BCUT2D eigenvalue weighted by molar-refractivity contribution is 0.173. The normalized spacial score (nSPS) is 21.1. The first-order chi connectivity index (χ1) is 13.7. The molecule has 0 N–H and O–H groups in total. The third-order valence-corrected chi connectivity index (χ3v) is 6.22. The van der Waals surface area contributed by atoms with E-state index in [1.807, 2.05) is 19.9 Å². The average molecular weight is 376 g/mol. The minimum Gasteiger partial charge on any atom is -0.492 e. The predicted molar refractivity (Wildman–Crippen MR) is 102 cm³/mol. The molecule has 0 saturated carbocycles. The maximum Gasteiger partial charge on any atom is 0.231 e. The molecule has 6 nitrogen and oxygen atoms in total. The highest BCUT2D eigenvalue weighted by atomic mass is 16.7. The maximum atomic E-state index is 6.16. The van der Waals surface area contributed by atoms with Gasteiger partial charge in [-0.2, -0.15) is 0 Å². The molecule has 1 spiro atoms. The van der Waals surface area contributed by atoms with Crippen LogP contribution in [0, 0.1) is 13.8 Å². The van der Waals surface area contributed by atoms with Gasteiger partial charge in [-0.15, -0.1) is 0 Å². The SMILES string of the molecule is Cc1noc(C)c1CN1CC2(COc3cc4c(cc32)OCO4)c2ccccc21. The number of benzene rings is 2. The molecule has 4 heterocycles. The van der Waals surface area contributed by atoms with Crippen molar-refractivity contribution in [2.75, 3.05) is 24.8 Å². The molecule has 0 saturated heterocycles. The lowest BCUT2D eigenvalue weighted by Gasteiger charge is -2.25. The monoisotopic (exact) mass is 376 g/mol. The first kappa shape index (κ1) is 15.9. The van der Waals surface area contributed by atoms with Crippen LogP contribution in [0.5, 0.6) is 17.2 Å². The molecule has 1 aromatic heterocycles. The van der Waals surface area contributed by atoms with Crippen molar-refractivity contribution in [1.29, 1.82) is 0 Å². The van der Waals surface area contributed by atoms with E-state index in [9.17, 15) is 0 Å². The van der Waals surface area contributed by atoms with Gasteiger partial charge in [0.05, 0.1) is 11.1 Å². The van der Waals surface area contributed by atoms with Gasteiger partial charge < -0.3 is 23.6 Å². The summed E-state index contributed by atoms with van der Waals surface area (Å²) in [6, 6.07) is 12.7. The van der Waals surface area contributed by atoms with Crippen molar-refractivity contribution >= 4 is 5.69 Å². The Morgan fingerprint density at radius 3 is 2.64 bits per heavy atom.